The van der Waals surface area contributed by atoms with Gasteiger partial charge in [0.2, 0.25) is 0 Å². The molecule has 17 heavy (non-hydrogen) atoms. The van der Waals surface area contributed by atoms with Gasteiger partial charge in [0.15, 0.2) is 0 Å². The van der Waals surface area contributed by atoms with Crippen LogP contribution in [0.15, 0.2) is 6.07 Å². The Balaban J connectivity index is 2.39. The first kappa shape index (κ1) is 12.6. The number of nitrogens with zero attached hydrogens (tertiary/aromatic N) is 2. The van der Waals surface area contributed by atoms with Crippen LogP contribution < -0.4 is 0 Å². The fourth-order valence-corrected chi connectivity index (χ4v) is 3.10. The van der Waals surface area contributed by atoms with Gasteiger partial charge in [0, 0.05) is 29.5 Å². The van der Waals surface area contributed by atoms with Gasteiger partial charge >= 0.3 is 0 Å². The maximum atomic E-state index is 11.8. The Morgan fingerprint density at radius 3 is 2.53 bits per heavy atom. The van der Waals surface area contributed by atoms with Crippen molar-refractivity contribution in [3.8, 4) is 0 Å². The summed E-state index contributed by atoms with van der Waals surface area (Å²) in [4.78, 5) is 8.87. The molecule has 0 amide bonds. The van der Waals surface area contributed by atoms with Gasteiger partial charge in [-0.2, -0.15) is 0 Å². The van der Waals surface area contributed by atoms with Crippen LogP contribution >= 0.6 is 0 Å². The minimum Gasteiger partial charge on any atom is -0.268 e. The highest BCUT2D eigenvalue weighted by Gasteiger charge is 2.19. The van der Waals surface area contributed by atoms with Crippen LogP contribution in [0.1, 0.15) is 48.8 Å². The van der Waals surface area contributed by atoms with Crippen molar-refractivity contribution in [2.75, 3.05) is 12.5 Å². The Labute approximate surface area is 104 Å². The Hall–Kier alpha value is -0.900. The molecule has 1 fully saturated rings. The molecule has 4 heteroatoms. The van der Waals surface area contributed by atoms with E-state index < -0.39 is 9.52 Å². The van der Waals surface area contributed by atoms with Gasteiger partial charge in [-0.05, 0) is 35.4 Å². The third-order valence-corrected chi connectivity index (χ3v) is 3.86. The monoisotopic (exact) mass is 252 g/mol. The molecule has 0 saturated heterocycles. The maximum Gasteiger partial charge on any atom is 0.126 e. The molecule has 1 aromatic rings. The summed E-state index contributed by atoms with van der Waals surface area (Å²) in [6.45, 7) is 1.91. The standard InChI is InChI=1S/C13H20N2OS/c1-10-14-12(9-17(2,3)16)8-13(15-10)11-6-4-5-7-11/h8-9,11H,4-7H2,1-3H3. The zero-order chi connectivity index (χ0) is 12.5. The number of aromatic nitrogens is 2. The SMILES string of the molecule is Cc1nc(C=S(C)(C)=O)cc(C2CCCC2)n1. The molecular formula is C13H20N2OS. The highest BCUT2D eigenvalue weighted by atomic mass is 32.2. The lowest BCUT2D eigenvalue weighted by atomic mass is 10.0. The first-order valence-electron chi connectivity index (χ1n) is 6.08. The molecule has 0 atom stereocenters. The van der Waals surface area contributed by atoms with Gasteiger partial charge in [0.1, 0.15) is 5.82 Å². The lowest BCUT2D eigenvalue weighted by Gasteiger charge is -2.10. The number of hydrogen-bond donors (Lipinski definition) is 0. The smallest absolute Gasteiger partial charge is 0.126 e. The fraction of sp³-hybridized carbons (Fsp3) is 0.615. The van der Waals surface area contributed by atoms with Crippen LogP contribution in [0.25, 0.3) is 0 Å². The Kier molecular flexibility index (Phi) is 3.52. The largest absolute Gasteiger partial charge is 0.268 e. The van der Waals surface area contributed by atoms with Crippen molar-refractivity contribution in [1.29, 1.82) is 0 Å². The highest BCUT2D eigenvalue weighted by Crippen LogP contribution is 2.32. The molecule has 2 rings (SSSR count). The second-order valence-electron chi connectivity index (χ2n) is 5.17. The van der Waals surface area contributed by atoms with Crippen LogP contribution in [-0.4, -0.2) is 32.1 Å². The molecule has 1 heterocycles. The molecular weight excluding hydrogens is 232 g/mol. The van der Waals surface area contributed by atoms with Crippen molar-refractivity contribution in [1.82, 2.24) is 9.97 Å². The summed E-state index contributed by atoms with van der Waals surface area (Å²) < 4.78 is 11.8. The summed E-state index contributed by atoms with van der Waals surface area (Å²) >= 11 is 0. The molecule has 0 unspecified atom stereocenters. The van der Waals surface area contributed by atoms with E-state index in [-0.39, 0.29) is 0 Å². The molecule has 3 nitrogen and oxygen atoms in total. The second kappa shape index (κ2) is 4.77. The van der Waals surface area contributed by atoms with E-state index in [0.29, 0.717) is 5.92 Å². The van der Waals surface area contributed by atoms with E-state index in [4.69, 9.17) is 0 Å². The Bertz CT molecular complexity index is 516. The van der Waals surface area contributed by atoms with Crippen molar-refractivity contribution in [2.24, 2.45) is 0 Å². The summed E-state index contributed by atoms with van der Waals surface area (Å²) in [5.74, 6) is 1.36. The van der Waals surface area contributed by atoms with E-state index in [1.165, 1.54) is 25.7 Å². The Morgan fingerprint density at radius 1 is 1.29 bits per heavy atom. The molecule has 1 aliphatic rings. The summed E-state index contributed by atoms with van der Waals surface area (Å²) in [5.41, 5.74) is 1.94. The average Bonchev–Trinajstić information content (AvgIpc) is 2.65. The molecule has 94 valence electrons. The van der Waals surface area contributed by atoms with Gasteiger partial charge in [0.25, 0.3) is 0 Å². The fourth-order valence-electron chi connectivity index (χ4n) is 2.40. The van der Waals surface area contributed by atoms with E-state index in [2.05, 4.69) is 9.97 Å². The van der Waals surface area contributed by atoms with E-state index in [1.54, 1.807) is 17.9 Å². The molecule has 1 saturated carbocycles. The normalized spacial score (nSPS) is 17.4. The number of rotatable bonds is 2. The van der Waals surface area contributed by atoms with Crippen molar-refractivity contribution >= 4 is 14.9 Å². The summed E-state index contributed by atoms with van der Waals surface area (Å²) in [7, 11) is -1.90. The molecule has 0 aromatic carbocycles. The second-order valence-corrected chi connectivity index (χ2v) is 8.03. The van der Waals surface area contributed by atoms with Crippen molar-refractivity contribution in [2.45, 2.75) is 38.5 Å². The molecule has 0 radical (unpaired) electrons. The zero-order valence-corrected chi connectivity index (χ0v) is 11.6. The maximum absolute atomic E-state index is 11.8. The highest BCUT2D eigenvalue weighted by molar-refractivity contribution is 8.00. The van der Waals surface area contributed by atoms with E-state index in [9.17, 15) is 4.21 Å². The van der Waals surface area contributed by atoms with Gasteiger partial charge in [-0.3, -0.25) is 4.21 Å². The molecule has 1 aromatic heterocycles. The van der Waals surface area contributed by atoms with Crippen LogP contribution in [0.2, 0.25) is 0 Å². The lowest BCUT2D eigenvalue weighted by molar-refractivity contribution is 0.687. The zero-order valence-electron chi connectivity index (χ0n) is 10.8. The first-order valence-corrected chi connectivity index (χ1v) is 8.52. The minimum atomic E-state index is -1.90. The third-order valence-electron chi connectivity index (χ3n) is 3.06. The van der Waals surface area contributed by atoms with Gasteiger partial charge in [-0.15, -0.1) is 0 Å². The van der Waals surface area contributed by atoms with Crippen molar-refractivity contribution in [3.63, 3.8) is 0 Å². The predicted octanol–water partition coefficient (Wildman–Crippen LogP) is 2.14. The molecule has 0 bridgehead atoms. The van der Waals surface area contributed by atoms with Crippen LogP contribution in [0.3, 0.4) is 0 Å². The lowest BCUT2D eigenvalue weighted by Crippen LogP contribution is -2.06. The minimum absolute atomic E-state index is 0.577. The first-order chi connectivity index (χ1) is 7.94. The molecule has 1 aliphatic carbocycles. The topological polar surface area (TPSA) is 42.9 Å². The van der Waals surface area contributed by atoms with Gasteiger partial charge in [0.05, 0.1) is 5.69 Å². The van der Waals surface area contributed by atoms with Gasteiger partial charge < -0.3 is 0 Å². The third kappa shape index (κ3) is 3.53. The van der Waals surface area contributed by atoms with Crippen molar-refractivity contribution < 1.29 is 4.21 Å². The average molecular weight is 252 g/mol. The summed E-state index contributed by atoms with van der Waals surface area (Å²) in [6.07, 6.45) is 8.52. The Morgan fingerprint density at radius 2 is 1.94 bits per heavy atom. The van der Waals surface area contributed by atoms with Crippen LogP contribution in [0.5, 0.6) is 0 Å². The van der Waals surface area contributed by atoms with Crippen LogP contribution in [-0.2, 0) is 9.52 Å². The predicted molar refractivity (Wildman–Crippen MR) is 73.1 cm³/mol. The van der Waals surface area contributed by atoms with Gasteiger partial charge in [-0.1, -0.05) is 12.8 Å². The molecule has 0 N–H and O–H groups in total. The van der Waals surface area contributed by atoms with Crippen molar-refractivity contribution in [3.05, 3.63) is 23.3 Å². The van der Waals surface area contributed by atoms with Gasteiger partial charge in [-0.25, -0.2) is 9.97 Å². The van der Waals surface area contributed by atoms with Crippen LogP contribution in [0.4, 0.5) is 0 Å². The van der Waals surface area contributed by atoms with E-state index in [1.807, 2.05) is 13.0 Å². The van der Waals surface area contributed by atoms with Crippen LogP contribution in [0, 0.1) is 6.92 Å². The molecule has 0 spiro atoms. The van der Waals surface area contributed by atoms with E-state index >= 15 is 0 Å². The summed E-state index contributed by atoms with van der Waals surface area (Å²) in [5, 5.41) is 1.76. The summed E-state index contributed by atoms with van der Waals surface area (Å²) in [6, 6.07) is 2.01. The molecule has 0 aliphatic heterocycles. The number of aryl methyl sites for hydroxylation is 1. The quantitative estimate of drug-likeness (QED) is 0.757. The van der Waals surface area contributed by atoms with E-state index in [0.717, 1.165) is 17.2 Å². The number of hydrogen-bond acceptors (Lipinski definition) is 3.